The van der Waals surface area contributed by atoms with Gasteiger partial charge in [0.2, 0.25) is 0 Å². The van der Waals surface area contributed by atoms with Crippen molar-refractivity contribution < 1.29 is 14.3 Å². The normalized spacial score (nSPS) is 16.9. The molecule has 7 nitrogen and oxygen atoms in total. The van der Waals surface area contributed by atoms with E-state index >= 15 is 0 Å². The Morgan fingerprint density at radius 3 is 2.73 bits per heavy atom. The number of thiocarbonyl (C=S) groups is 1. The average molecular weight is 378 g/mol. The molecule has 0 aromatic heterocycles. The summed E-state index contributed by atoms with van der Waals surface area (Å²) in [5.41, 5.74) is 4.57. The zero-order valence-electron chi connectivity index (χ0n) is 15.4. The summed E-state index contributed by atoms with van der Waals surface area (Å²) in [5, 5.41) is 7.87. The number of likely N-dealkylation sites (N-methyl/N-ethyl adjacent to an activating group) is 1. The molecule has 0 spiro atoms. The summed E-state index contributed by atoms with van der Waals surface area (Å²) in [6.07, 6.45) is 2.39. The van der Waals surface area contributed by atoms with Gasteiger partial charge in [-0.25, -0.2) is 0 Å². The number of hydrogen-bond acceptors (Lipinski definition) is 5. The predicted molar refractivity (Wildman–Crippen MR) is 106 cm³/mol. The first-order valence-electron chi connectivity index (χ1n) is 8.59. The van der Waals surface area contributed by atoms with Gasteiger partial charge in [0.05, 0.1) is 11.8 Å². The zero-order chi connectivity index (χ0) is 18.9. The second-order valence-corrected chi connectivity index (χ2v) is 6.66. The summed E-state index contributed by atoms with van der Waals surface area (Å²) >= 11 is 5.22. The Morgan fingerprint density at radius 2 is 2.12 bits per heavy atom. The molecule has 0 bridgehead atoms. The van der Waals surface area contributed by atoms with E-state index in [0.717, 1.165) is 30.7 Å². The Bertz CT molecular complexity index is 640. The third-order valence-electron chi connectivity index (χ3n) is 3.97. The van der Waals surface area contributed by atoms with Gasteiger partial charge in [-0.15, -0.1) is 0 Å². The third kappa shape index (κ3) is 6.61. The van der Waals surface area contributed by atoms with Gasteiger partial charge < -0.3 is 19.7 Å². The molecule has 0 saturated carbocycles. The fraction of sp³-hybridized carbons (Fsp3) is 0.500. The van der Waals surface area contributed by atoms with Gasteiger partial charge in [-0.2, -0.15) is 5.10 Å². The number of amides is 1. The van der Waals surface area contributed by atoms with Gasteiger partial charge >= 0.3 is 0 Å². The fourth-order valence-corrected chi connectivity index (χ4v) is 2.45. The van der Waals surface area contributed by atoms with Crippen molar-refractivity contribution >= 4 is 28.9 Å². The Labute approximate surface area is 159 Å². The number of nitrogens with one attached hydrogen (secondary N) is 2. The van der Waals surface area contributed by atoms with Gasteiger partial charge in [-0.3, -0.25) is 10.2 Å². The van der Waals surface area contributed by atoms with Crippen molar-refractivity contribution in [3.05, 3.63) is 29.8 Å². The van der Waals surface area contributed by atoms with Crippen LogP contribution in [0.25, 0.3) is 0 Å². The van der Waals surface area contributed by atoms with Gasteiger partial charge in [0.25, 0.3) is 5.91 Å². The molecule has 0 radical (unpaired) electrons. The smallest absolute Gasteiger partial charge is 0.259 e. The van der Waals surface area contributed by atoms with E-state index in [9.17, 15) is 4.79 Å². The SMILES string of the molecule is C/C(=N/NC(=S)NC[C@H]1CCCO1)c1ccc(OCC(=O)N(C)C)cc1. The summed E-state index contributed by atoms with van der Waals surface area (Å²) in [5.74, 6) is 0.554. The highest BCUT2D eigenvalue weighted by Gasteiger charge is 2.15. The highest BCUT2D eigenvalue weighted by Crippen LogP contribution is 2.13. The van der Waals surface area contributed by atoms with Crippen LogP contribution in [0.3, 0.4) is 0 Å². The number of ether oxygens (including phenoxy) is 2. The second-order valence-electron chi connectivity index (χ2n) is 6.26. The summed E-state index contributed by atoms with van der Waals surface area (Å²) in [7, 11) is 3.39. The monoisotopic (exact) mass is 378 g/mol. The quantitative estimate of drug-likeness (QED) is 0.426. The van der Waals surface area contributed by atoms with Crippen molar-refractivity contribution in [2.24, 2.45) is 5.10 Å². The highest BCUT2D eigenvalue weighted by atomic mass is 32.1. The largest absolute Gasteiger partial charge is 0.484 e. The first kappa shape index (κ1) is 20.1. The van der Waals surface area contributed by atoms with Crippen molar-refractivity contribution in [2.75, 3.05) is 33.9 Å². The first-order valence-corrected chi connectivity index (χ1v) is 8.99. The molecule has 1 atom stereocenters. The average Bonchev–Trinajstić information content (AvgIpc) is 3.16. The first-order chi connectivity index (χ1) is 12.5. The summed E-state index contributed by atoms with van der Waals surface area (Å²) in [6, 6.07) is 7.40. The molecule has 1 fully saturated rings. The fourth-order valence-electron chi connectivity index (χ4n) is 2.32. The molecule has 2 rings (SSSR count). The van der Waals surface area contributed by atoms with E-state index in [1.807, 2.05) is 31.2 Å². The van der Waals surface area contributed by atoms with Crippen LogP contribution in [0.4, 0.5) is 0 Å². The Balaban J connectivity index is 1.78. The van der Waals surface area contributed by atoms with Gasteiger partial charge in [0, 0.05) is 27.2 Å². The summed E-state index contributed by atoms with van der Waals surface area (Å²) in [4.78, 5) is 13.0. The molecule has 2 N–H and O–H groups in total. The third-order valence-corrected chi connectivity index (χ3v) is 4.21. The summed E-state index contributed by atoms with van der Waals surface area (Å²) in [6.45, 7) is 3.43. The van der Waals surface area contributed by atoms with E-state index in [4.69, 9.17) is 21.7 Å². The molecule has 1 saturated heterocycles. The van der Waals surface area contributed by atoms with Gasteiger partial charge in [-0.1, -0.05) is 0 Å². The Morgan fingerprint density at radius 1 is 1.38 bits per heavy atom. The lowest BCUT2D eigenvalue weighted by Crippen LogP contribution is -2.37. The number of hydrogen-bond donors (Lipinski definition) is 2. The molecule has 1 aliphatic heterocycles. The maximum Gasteiger partial charge on any atom is 0.259 e. The van der Waals surface area contributed by atoms with Crippen molar-refractivity contribution in [1.29, 1.82) is 0 Å². The minimum atomic E-state index is -0.0833. The molecule has 8 heteroatoms. The van der Waals surface area contributed by atoms with Crippen LogP contribution in [-0.4, -0.2) is 61.6 Å². The van der Waals surface area contributed by atoms with Crippen LogP contribution in [0.1, 0.15) is 25.3 Å². The van der Waals surface area contributed by atoms with Crippen molar-refractivity contribution in [2.45, 2.75) is 25.9 Å². The van der Waals surface area contributed by atoms with Crippen molar-refractivity contribution in [3.63, 3.8) is 0 Å². The number of benzene rings is 1. The Kier molecular flexibility index (Phi) is 7.80. The number of carbonyl (C=O) groups excluding carboxylic acids is 1. The van der Waals surface area contributed by atoms with E-state index in [-0.39, 0.29) is 18.6 Å². The van der Waals surface area contributed by atoms with E-state index < -0.39 is 0 Å². The minimum absolute atomic E-state index is 0.0195. The molecule has 0 aliphatic carbocycles. The molecule has 142 valence electrons. The minimum Gasteiger partial charge on any atom is -0.484 e. The summed E-state index contributed by atoms with van der Waals surface area (Å²) < 4.78 is 11.0. The molecular formula is C18H26N4O3S. The lowest BCUT2D eigenvalue weighted by molar-refractivity contribution is -0.130. The standard InChI is InChI=1S/C18H26N4O3S/c1-13(20-21-18(26)19-11-16-5-4-10-24-16)14-6-8-15(9-7-14)25-12-17(23)22(2)3/h6-9,16H,4-5,10-12H2,1-3H3,(H2,19,21,26)/b20-13-/t16-/m1/s1. The Hall–Kier alpha value is -2.19. The lowest BCUT2D eigenvalue weighted by Gasteiger charge is -2.12. The number of nitrogens with zero attached hydrogens (tertiary/aromatic N) is 2. The van der Waals surface area contributed by atoms with Crippen molar-refractivity contribution in [1.82, 2.24) is 15.6 Å². The topological polar surface area (TPSA) is 75.2 Å². The molecule has 1 aromatic rings. The molecule has 1 heterocycles. The van der Waals surface area contributed by atoms with E-state index in [1.54, 1.807) is 14.1 Å². The molecule has 26 heavy (non-hydrogen) atoms. The van der Waals surface area contributed by atoms with Gasteiger partial charge in [-0.05, 0) is 61.8 Å². The predicted octanol–water partition coefficient (Wildman–Crippen LogP) is 1.52. The van der Waals surface area contributed by atoms with Crippen LogP contribution in [0.2, 0.25) is 0 Å². The van der Waals surface area contributed by atoms with E-state index in [0.29, 0.717) is 17.4 Å². The van der Waals surface area contributed by atoms with E-state index in [2.05, 4.69) is 15.8 Å². The van der Waals surface area contributed by atoms with Crippen LogP contribution >= 0.6 is 12.2 Å². The molecular weight excluding hydrogens is 352 g/mol. The van der Waals surface area contributed by atoms with E-state index in [1.165, 1.54) is 4.90 Å². The molecule has 1 amide bonds. The second kappa shape index (κ2) is 10.1. The molecule has 1 aromatic carbocycles. The van der Waals surface area contributed by atoms with Crippen LogP contribution in [0, 0.1) is 0 Å². The van der Waals surface area contributed by atoms with Gasteiger partial charge in [0.1, 0.15) is 5.75 Å². The van der Waals surface area contributed by atoms with Crippen LogP contribution < -0.4 is 15.5 Å². The van der Waals surface area contributed by atoms with Crippen molar-refractivity contribution in [3.8, 4) is 5.75 Å². The molecule has 1 aliphatic rings. The zero-order valence-corrected chi connectivity index (χ0v) is 16.3. The number of rotatable bonds is 7. The molecule has 0 unspecified atom stereocenters. The highest BCUT2D eigenvalue weighted by molar-refractivity contribution is 7.80. The maximum atomic E-state index is 11.5. The van der Waals surface area contributed by atoms with Gasteiger partial charge in [0.15, 0.2) is 11.7 Å². The number of hydrazone groups is 1. The maximum absolute atomic E-state index is 11.5. The number of carbonyl (C=O) groups is 1. The van der Waals surface area contributed by atoms with Crippen LogP contribution in [0.5, 0.6) is 5.75 Å². The van der Waals surface area contributed by atoms with Crippen LogP contribution in [-0.2, 0) is 9.53 Å². The van der Waals surface area contributed by atoms with Crippen LogP contribution in [0.15, 0.2) is 29.4 Å². The lowest BCUT2D eigenvalue weighted by atomic mass is 10.1.